The SMILES string of the molecule is Cc1cnc(NC(=O)c2cc(OCc3ccccc3)cc(OC(C)(C)OC(F)F)c2)cn1. The first-order valence-electron chi connectivity index (χ1n) is 9.77. The van der Waals surface area contributed by atoms with Gasteiger partial charge in [-0.25, -0.2) is 4.98 Å². The van der Waals surface area contributed by atoms with Crippen LogP contribution < -0.4 is 14.8 Å². The maximum atomic E-state index is 12.8. The number of nitrogens with one attached hydrogen (secondary N) is 1. The number of anilines is 1. The molecule has 0 saturated carbocycles. The highest BCUT2D eigenvalue weighted by atomic mass is 19.3. The van der Waals surface area contributed by atoms with Gasteiger partial charge in [0.15, 0.2) is 5.82 Å². The normalized spacial score (nSPS) is 11.3. The van der Waals surface area contributed by atoms with Crippen molar-refractivity contribution < 1.29 is 27.8 Å². The number of rotatable bonds is 9. The first kappa shape index (κ1) is 23.1. The van der Waals surface area contributed by atoms with Crippen molar-refractivity contribution in [2.24, 2.45) is 0 Å². The van der Waals surface area contributed by atoms with Crippen molar-refractivity contribution in [3.63, 3.8) is 0 Å². The number of aryl methyl sites for hydroxylation is 1. The molecule has 0 aliphatic carbocycles. The molecule has 0 atom stereocenters. The zero-order chi connectivity index (χ0) is 23.1. The first-order chi connectivity index (χ1) is 15.2. The number of halogens is 2. The van der Waals surface area contributed by atoms with E-state index in [1.54, 1.807) is 6.92 Å². The van der Waals surface area contributed by atoms with Gasteiger partial charge in [-0.15, -0.1) is 0 Å². The molecule has 2 aromatic carbocycles. The van der Waals surface area contributed by atoms with Crippen LogP contribution in [0.25, 0.3) is 0 Å². The van der Waals surface area contributed by atoms with Gasteiger partial charge in [-0.3, -0.25) is 14.5 Å². The minimum Gasteiger partial charge on any atom is -0.489 e. The summed E-state index contributed by atoms with van der Waals surface area (Å²) in [6, 6.07) is 13.9. The van der Waals surface area contributed by atoms with E-state index in [-0.39, 0.29) is 23.7 Å². The molecule has 0 spiro atoms. The molecule has 9 heteroatoms. The lowest BCUT2D eigenvalue weighted by Gasteiger charge is -2.26. The fraction of sp³-hybridized carbons (Fsp3) is 0.261. The van der Waals surface area contributed by atoms with Crippen molar-refractivity contribution in [2.45, 2.75) is 39.8 Å². The number of hydrogen-bond acceptors (Lipinski definition) is 6. The van der Waals surface area contributed by atoms with Gasteiger partial charge in [0, 0.05) is 25.5 Å². The molecule has 0 aliphatic heterocycles. The van der Waals surface area contributed by atoms with E-state index in [1.807, 2.05) is 30.3 Å². The van der Waals surface area contributed by atoms with Crippen molar-refractivity contribution in [1.29, 1.82) is 0 Å². The van der Waals surface area contributed by atoms with E-state index >= 15 is 0 Å². The van der Waals surface area contributed by atoms with Crippen LogP contribution in [0.5, 0.6) is 11.5 Å². The fourth-order valence-electron chi connectivity index (χ4n) is 2.75. The Hall–Kier alpha value is -3.59. The Balaban J connectivity index is 1.84. The number of alkyl halides is 2. The largest absolute Gasteiger partial charge is 0.489 e. The predicted octanol–water partition coefficient (Wildman–Crippen LogP) is 4.97. The zero-order valence-corrected chi connectivity index (χ0v) is 17.8. The average molecular weight is 443 g/mol. The first-order valence-corrected chi connectivity index (χ1v) is 9.77. The van der Waals surface area contributed by atoms with E-state index in [2.05, 4.69) is 20.0 Å². The van der Waals surface area contributed by atoms with Gasteiger partial charge in [0.25, 0.3) is 5.91 Å². The van der Waals surface area contributed by atoms with Crippen LogP contribution in [0.1, 0.15) is 35.5 Å². The number of carbonyl (C=O) groups excluding carboxylic acids is 1. The van der Waals surface area contributed by atoms with Crippen LogP contribution >= 0.6 is 0 Å². The van der Waals surface area contributed by atoms with Crippen molar-refractivity contribution >= 4 is 11.7 Å². The number of benzene rings is 2. The summed E-state index contributed by atoms with van der Waals surface area (Å²) in [5.74, 6) is -1.42. The maximum Gasteiger partial charge on any atom is 0.348 e. The van der Waals surface area contributed by atoms with Gasteiger partial charge in [-0.05, 0) is 24.6 Å². The van der Waals surface area contributed by atoms with Crippen LogP contribution in [0.15, 0.2) is 60.9 Å². The van der Waals surface area contributed by atoms with Crippen LogP contribution in [-0.4, -0.2) is 28.3 Å². The van der Waals surface area contributed by atoms with Crippen LogP contribution in [0.3, 0.4) is 0 Å². The Morgan fingerprint density at radius 3 is 2.44 bits per heavy atom. The Labute approximate surface area is 184 Å². The van der Waals surface area contributed by atoms with E-state index in [9.17, 15) is 13.6 Å². The molecular weight excluding hydrogens is 420 g/mol. The minimum atomic E-state index is -3.02. The fourth-order valence-corrected chi connectivity index (χ4v) is 2.75. The van der Waals surface area contributed by atoms with Crippen LogP contribution in [0, 0.1) is 6.92 Å². The highest BCUT2D eigenvalue weighted by molar-refractivity contribution is 6.04. The second-order valence-electron chi connectivity index (χ2n) is 7.34. The molecule has 0 fully saturated rings. The number of amides is 1. The highest BCUT2D eigenvalue weighted by Gasteiger charge is 2.26. The molecule has 0 unspecified atom stereocenters. The highest BCUT2D eigenvalue weighted by Crippen LogP contribution is 2.28. The van der Waals surface area contributed by atoms with Crippen molar-refractivity contribution in [1.82, 2.24) is 9.97 Å². The molecule has 1 amide bonds. The summed E-state index contributed by atoms with van der Waals surface area (Å²) in [5.41, 5.74) is 1.80. The van der Waals surface area contributed by atoms with Gasteiger partial charge in [0.1, 0.15) is 18.1 Å². The van der Waals surface area contributed by atoms with Crippen molar-refractivity contribution in [3.8, 4) is 11.5 Å². The molecule has 0 radical (unpaired) electrons. The molecule has 32 heavy (non-hydrogen) atoms. The van der Waals surface area contributed by atoms with Crippen LogP contribution in [-0.2, 0) is 11.3 Å². The third kappa shape index (κ3) is 6.98. The molecule has 0 saturated heterocycles. The molecule has 1 heterocycles. The molecule has 0 aliphatic rings. The second kappa shape index (κ2) is 10.1. The number of nitrogens with zero attached hydrogens (tertiary/aromatic N) is 2. The molecule has 0 bridgehead atoms. The quantitative estimate of drug-likeness (QED) is 0.470. The molecular formula is C23H23F2N3O4. The van der Waals surface area contributed by atoms with E-state index in [1.165, 1.54) is 44.4 Å². The van der Waals surface area contributed by atoms with E-state index in [0.717, 1.165) is 5.56 Å². The van der Waals surface area contributed by atoms with Gasteiger partial charge < -0.3 is 14.8 Å². The summed E-state index contributed by atoms with van der Waals surface area (Å²) in [7, 11) is 0. The van der Waals surface area contributed by atoms with E-state index in [4.69, 9.17) is 9.47 Å². The summed E-state index contributed by atoms with van der Waals surface area (Å²) in [5, 5.41) is 2.63. The Morgan fingerprint density at radius 2 is 1.78 bits per heavy atom. The van der Waals surface area contributed by atoms with Gasteiger partial charge in [0.2, 0.25) is 5.79 Å². The smallest absolute Gasteiger partial charge is 0.348 e. The molecule has 7 nitrogen and oxygen atoms in total. The summed E-state index contributed by atoms with van der Waals surface area (Å²) in [6.45, 7) is 1.69. The maximum absolute atomic E-state index is 12.8. The van der Waals surface area contributed by atoms with E-state index < -0.39 is 18.3 Å². The topological polar surface area (TPSA) is 82.6 Å². The van der Waals surface area contributed by atoms with Gasteiger partial charge in [0.05, 0.1) is 18.1 Å². The zero-order valence-electron chi connectivity index (χ0n) is 17.8. The summed E-state index contributed by atoms with van der Waals surface area (Å²) in [4.78, 5) is 21.0. The molecule has 3 rings (SSSR count). The van der Waals surface area contributed by atoms with E-state index in [0.29, 0.717) is 11.4 Å². The van der Waals surface area contributed by atoms with Crippen LogP contribution in [0.4, 0.5) is 14.6 Å². The lowest BCUT2D eigenvalue weighted by atomic mass is 10.1. The lowest BCUT2D eigenvalue weighted by molar-refractivity contribution is -0.264. The monoisotopic (exact) mass is 443 g/mol. The van der Waals surface area contributed by atoms with Crippen LogP contribution in [0.2, 0.25) is 0 Å². The summed E-state index contributed by atoms with van der Waals surface area (Å²) >= 11 is 0. The number of ether oxygens (including phenoxy) is 3. The summed E-state index contributed by atoms with van der Waals surface area (Å²) < 4.78 is 41.3. The number of aromatic nitrogens is 2. The van der Waals surface area contributed by atoms with Gasteiger partial charge >= 0.3 is 6.61 Å². The van der Waals surface area contributed by atoms with Gasteiger partial charge in [-0.2, -0.15) is 8.78 Å². The summed E-state index contributed by atoms with van der Waals surface area (Å²) in [6.07, 6.45) is 2.95. The second-order valence-corrected chi connectivity index (χ2v) is 7.34. The molecule has 1 aromatic heterocycles. The Bertz CT molecular complexity index is 1040. The minimum absolute atomic E-state index is 0.126. The third-order valence-corrected chi connectivity index (χ3v) is 4.15. The number of hydrogen-bond donors (Lipinski definition) is 1. The van der Waals surface area contributed by atoms with Crippen molar-refractivity contribution in [3.05, 3.63) is 77.7 Å². The molecule has 3 aromatic rings. The number of carbonyl (C=O) groups is 1. The molecule has 168 valence electrons. The van der Waals surface area contributed by atoms with Gasteiger partial charge in [-0.1, -0.05) is 30.3 Å². The van der Waals surface area contributed by atoms with Crippen molar-refractivity contribution in [2.75, 3.05) is 5.32 Å². The Kier molecular flexibility index (Phi) is 7.32. The third-order valence-electron chi connectivity index (χ3n) is 4.15. The molecule has 1 N–H and O–H groups in total. The predicted molar refractivity (Wildman–Crippen MR) is 114 cm³/mol. The Morgan fingerprint density at radius 1 is 1.06 bits per heavy atom. The lowest BCUT2D eigenvalue weighted by Crippen LogP contribution is -2.34. The standard InChI is InChI=1S/C23H23F2N3O4/c1-15-12-27-20(13-26-15)28-21(29)17-9-18(30-14-16-7-5-4-6-8-16)11-19(10-17)31-23(2,3)32-22(24)25/h4-13,22H,14H2,1-3H3,(H,27,28,29). The average Bonchev–Trinajstić information content (AvgIpc) is 2.73.